The molecule has 0 aliphatic heterocycles. The molecule has 1 aromatic rings. The molecule has 0 radical (unpaired) electrons. The summed E-state index contributed by atoms with van der Waals surface area (Å²) >= 11 is 6.02. The van der Waals surface area contributed by atoms with Crippen LogP contribution in [0.4, 0.5) is 0 Å². The fourth-order valence-corrected chi connectivity index (χ4v) is 2.18. The van der Waals surface area contributed by atoms with Crippen molar-refractivity contribution in [3.63, 3.8) is 0 Å². The quantitative estimate of drug-likeness (QED) is 0.686. The summed E-state index contributed by atoms with van der Waals surface area (Å²) in [6, 6.07) is 8.43. The smallest absolute Gasteiger partial charge is 0.0546 e. The van der Waals surface area contributed by atoms with Crippen LogP contribution in [-0.2, 0) is 4.74 Å². The minimum absolute atomic E-state index is 0.335. The van der Waals surface area contributed by atoms with E-state index in [1.807, 2.05) is 0 Å². The SMILES string of the molecule is Cc1ccccc1C(CCl)COCC1CC1. The Morgan fingerprint density at radius 3 is 2.75 bits per heavy atom. The molecule has 2 heteroatoms. The molecule has 2 rings (SSSR count). The maximum Gasteiger partial charge on any atom is 0.0546 e. The molecule has 1 aliphatic rings. The normalized spacial score (nSPS) is 17.4. The highest BCUT2D eigenvalue weighted by Gasteiger charge is 2.22. The zero-order chi connectivity index (χ0) is 11.4. The van der Waals surface area contributed by atoms with E-state index < -0.39 is 0 Å². The lowest BCUT2D eigenvalue weighted by molar-refractivity contribution is 0.115. The van der Waals surface area contributed by atoms with E-state index in [9.17, 15) is 0 Å². The van der Waals surface area contributed by atoms with Crippen molar-refractivity contribution in [3.8, 4) is 0 Å². The molecule has 0 spiro atoms. The van der Waals surface area contributed by atoms with Gasteiger partial charge < -0.3 is 4.74 Å². The summed E-state index contributed by atoms with van der Waals surface area (Å²) in [7, 11) is 0. The minimum atomic E-state index is 0.335. The molecule has 1 aromatic carbocycles. The van der Waals surface area contributed by atoms with Gasteiger partial charge in [0, 0.05) is 18.4 Å². The molecule has 1 fully saturated rings. The number of benzene rings is 1. The summed E-state index contributed by atoms with van der Waals surface area (Å²) in [6.07, 6.45) is 2.69. The number of hydrogen-bond donors (Lipinski definition) is 0. The highest BCUT2D eigenvalue weighted by atomic mass is 35.5. The van der Waals surface area contributed by atoms with Crippen molar-refractivity contribution in [2.24, 2.45) is 5.92 Å². The van der Waals surface area contributed by atoms with Gasteiger partial charge in [-0.3, -0.25) is 0 Å². The summed E-state index contributed by atoms with van der Waals surface area (Å²) in [4.78, 5) is 0. The maximum atomic E-state index is 6.02. The van der Waals surface area contributed by atoms with Crippen LogP contribution in [0.15, 0.2) is 24.3 Å². The maximum absolute atomic E-state index is 6.02. The van der Waals surface area contributed by atoms with Crippen molar-refractivity contribution in [2.75, 3.05) is 19.1 Å². The van der Waals surface area contributed by atoms with Crippen LogP contribution in [0.1, 0.15) is 29.9 Å². The van der Waals surface area contributed by atoms with Crippen LogP contribution >= 0.6 is 11.6 Å². The van der Waals surface area contributed by atoms with E-state index in [4.69, 9.17) is 16.3 Å². The molecule has 0 heterocycles. The molecular formula is C14H19ClO. The van der Waals surface area contributed by atoms with Crippen LogP contribution in [0.5, 0.6) is 0 Å². The Bertz CT molecular complexity index is 333. The molecular weight excluding hydrogens is 220 g/mol. The Morgan fingerprint density at radius 1 is 1.38 bits per heavy atom. The lowest BCUT2D eigenvalue weighted by atomic mass is 9.97. The van der Waals surface area contributed by atoms with Gasteiger partial charge in [0.2, 0.25) is 0 Å². The van der Waals surface area contributed by atoms with E-state index in [0.29, 0.717) is 11.8 Å². The lowest BCUT2D eigenvalue weighted by Crippen LogP contribution is -2.12. The second-order valence-corrected chi connectivity index (χ2v) is 5.00. The third-order valence-electron chi connectivity index (χ3n) is 3.18. The van der Waals surface area contributed by atoms with Gasteiger partial charge in [-0.15, -0.1) is 11.6 Å². The molecule has 0 bridgehead atoms. The number of rotatable bonds is 6. The molecule has 1 atom stereocenters. The van der Waals surface area contributed by atoms with Crippen molar-refractivity contribution in [3.05, 3.63) is 35.4 Å². The van der Waals surface area contributed by atoms with Gasteiger partial charge >= 0.3 is 0 Å². The zero-order valence-corrected chi connectivity index (χ0v) is 10.5. The molecule has 0 N–H and O–H groups in total. The monoisotopic (exact) mass is 238 g/mol. The molecule has 0 saturated heterocycles. The molecule has 16 heavy (non-hydrogen) atoms. The third kappa shape index (κ3) is 3.23. The average molecular weight is 239 g/mol. The van der Waals surface area contributed by atoms with Gasteiger partial charge in [-0.05, 0) is 36.8 Å². The number of hydrogen-bond acceptors (Lipinski definition) is 1. The molecule has 1 aliphatic carbocycles. The molecule has 0 amide bonds. The fraction of sp³-hybridized carbons (Fsp3) is 0.571. The Balaban J connectivity index is 1.90. The predicted octanol–water partition coefficient (Wildman–Crippen LogP) is 3.74. The van der Waals surface area contributed by atoms with E-state index in [1.165, 1.54) is 24.0 Å². The highest BCUT2D eigenvalue weighted by Crippen LogP contribution is 2.29. The van der Waals surface area contributed by atoms with E-state index >= 15 is 0 Å². The average Bonchev–Trinajstić information content (AvgIpc) is 3.10. The first-order valence-electron chi connectivity index (χ1n) is 6.00. The summed E-state index contributed by atoms with van der Waals surface area (Å²) < 4.78 is 5.74. The van der Waals surface area contributed by atoms with Crippen LogP contribution in [0.25, 0.3) is 0 Å². The van der Waals surface area contributed by atoms with Gasteiger partial charge in [0.1, 0.15) is 0 Å². The van der Waals surface area contributed by atoms with Crippen LogP contribution in [0, 0.1) is 12.8 Å². The van der Waals surface area contributed by atoms with E-state index in [0.717, 1.165) is 19.1 Å². The molecule has 1 nitrogen and oxygen atoms in total. The first-order valence-corrected chi connectivity index (χ1v) is 6.54. The highest BCUT2D eigenvalue weighted by molar-refractivity contribution is 6.18. The Hall–Kier alpha value is -0.530. The molecule has 88 valence electrons. The summed E-state index contributed by atoms with van der Waals surface area (Å²) in [5.74, 6) is 1.80. The largest absolute Gasteiger partial charge is 0.380 e. The topological polar surface area (TPSA) is 9.23 Å². The number of ether oxygens (including phenoxy) is 1. The van der Waals surface area contributed by atoms with Crippen molar-refractivity contribution >= 4 is 11.6 Å². The molecule has 1 saturated carbocycles. The Labute approximate surface area is 103 Å². The second kappa shape index (κ2) is 5.70. The zero-order valence-electron chi connectivity index (χ0n) is 9.79. The van der Waals surface area contributed by atoms with Gasteiger partial charge in [0.25, 0.3) is 0 Å². The van der Waals surface area contributed by atoms with Gasteiger partial charge in [-0.25, -0.2) is 0 Å². The van der Waals surface area contributed by atoms with Crippen LogP contribution < -0.4 is 0 Å². The van der Waals surface area contributed by atoms with E-state index in [-0.39, 0.29) is 0 Å². The molecule has 1 unspecified atom stereocenters. The Morgan fingerprint density at radius 2 is 2.12 bits per heavy atom. The Kier molecular flexibility index (Phi) is 4.25. The van der Waals surface area contributed by atoms with Gasteiger partial charge in [0.05, 0.1) is 6.61 Å². The van der Waals surface area contributed by atoms with Crippen molar-refractivity contribution in [1.82, 2.24) is 0 Å². The number of alkyl halides is 1. The third-order valence-corrected chi connectivity index (χ3v) is 3.56. The van der Waals surface area contributed by atoms with Gasteiger partial charge in [-0.2, -0.15) is 0 Å². The lowest BCUT2D eigenvalue weighted by Gasteiger charge is -2.16. The van der Waals surface area contributed by atoms with Crippen LogP contribution in [-0.4, -0.2) is 19.1 Å². The van der Waals surface area contributed by atoms with Crippen LogP contribution in [0.2, 0.25) is 0 Å². The fourth-order valence-electron chi connectivity index (χ4n) is 1.92. The standard InChI is InChI=1S/C14H19ClO/c1-11-4-2-3-5-14(11)13(8-15)10-16-9-12-6-7-12/h2-5,12-13H,6-10H2,1H3. The predicted molar refractivity (Wildman–Crippen MR) is 68.2 cm³/mol. The number of aryl methyl sites for hydroxylation is 1. The van der Waals surface area contributed by atoms with Gasteiger partial charge in [0.15, 0.2) is 0 Å². The summed E-state index contributed by atoms with van der Waals surface area (Å²) in [6.45, 7) is 3.81. The van der Waals surface area contributed by atoms with E-state index in [2.05, 4.69) is 31.2 Å². The van der Waals surface area contributed by atoms with E-state index in [1.54, 1.807) is 0 Å². The minimum Gasteiger partial charge on any atom is -0.380 e. The first kappa shape index (κ1) is 11.9. The molecule has 0 aromatic heterocycles. The summed E-state index contributed by atoms with van der Waals surface area (Å²) in [5.41, 5.74) is 2.64. The first-order chi connectivity index (χ1) is 7.81. The van der Waals surface area contributed by atoms with Crippen molar-refractivity contribution in [1.29, 1.82) is 0 Å². The summed E-state index contributed by atoms with van der Waals surface area (Å²) in [5, 5.41) is 0. The second-order valence-electron chi connectivity index (χ2n) is 4.69. The van der Waals surface area contributed by atoms with Crippen molar-refractivity contribution < 1.29 is 4.74 Å². The van der Waals surface area contributed by atoms with Gasteiger partial charge in [-0.1, -0.05) is 24.3 Å². The number of halogens is 1. The van der Waals surface area contributed by atoms with Crippen LogP contribution in [0.3, 0.4) is 0 Å². The van der Waals surface area contributed by atoms with Crippen molar-refractivity contribution in [2.45, 2.75) is 25.7 Å².